The highest BCUT2D eigenvalue weighted by atomic mass is 19.1. The molecule has 3 rings (SSSR count). The van der Waals surface area contributed by atoms with E-state index >= 15 is 0 Å². The molecule has 2 aromatic carbocycles. The summed E-state index contributed by atoms with van der Waals surface area (Å²) in [5.41, 5.74) is 1.20. The zero-order valence-electron chi connectivity index (χ0n) is 15.9. The number of fused-ring (bicyclic) bond motifs is 1. The van der Waals surface area contributed by atoms with Gasteiger partial charge in [0, 0.05) is 6.54 Å². The maximum Gasteiger partial charge on any atom is 0.326 e. The Labute approximate surface area is 167 Å². The number of amides is 2. The van der Waals surface area contributed by atoms with Crippen molar-refractivity contribution in [2.24, 2.45) is 0 Å². The van der Waals surface area contributed by atoms with E-state index < -0.39 is 18.0 Å². The van der Waals surface area contributed by atoms with Gasteiger partial charge in [0.2, 0.25) is 5.91 Å². The molecule has 1 heterocycles. The molecular formula is C21H21FN2O5. The summed E-state index contributed by atoms with van der Waals surface area (Å²) in [6.45, 7) is 1.52. The number of nitrogens with one attached hydrogen (secondary N) is 1. The van der Waals surface area contributed by atoms with E-state index in [4.69, 9.17) is 9.47 Å². The summed E-state index contributed by atoms with van der Waals surface area (Å²) in [5.74, 6) is -1.32. The largest absolute Gasteiger partial charge is 0.491 e. The maximum atomic E-state index is 12.9. The lowest BCUT2D eigenvalue weighted by Gasteiger charge is -2.22. The van der Waals surface area contributed by atoms with E-state index in [0.717, 1.165) is 0 Å². The molecule has 0 aromatic heterocycles. The van der Waals surface area contributed by atoms with Crippen LogP contribution in [0.25, 0.3) is 0 Å². The second kappa shape index (κ2) is 9.18. The number of benzene rings is 2. The van der Waals surface area contributed by atoms with Gasteiger partial charge in [0.1, 0.15) is 18.1 Å². The first-order chi connectivity index (χ1) is 13.9. The van der Waals surface area contributed by atoms with Crippen LogP contribution >= 0.6 is 0 Å². The molecule has 0 radical (unpaired) electrons. The molecule has 1 atom stereocenters. The second-order valence-electron chi connectivity index (χ2n) is 6.52. The average molecular weight is 400 g/mol. The molecule has 1 aliphatic heterocycles. The minimum atomic E-state index is -1.04. The Bertz CT molecular complexity index is 900. The number of hydrogen-bond acceptors (Lipinski definition) is 5. The van der Waals surface area contributed by atoms with Gasteiger partial charge >= 0.3 is 5.97 Å². The van der Waals surface area contributed by atoms with E-state index in [-0.39, 0.29) is 37.8 Å². The Morgan fingerprint density at radius 2 is 1.93 bits per heavy atom. The lowest BCUT2D eigenvalue weighted by Crippen LogP contribution is -2.40. The van der Waals surface area contributed by atoms with Crippen molar-refractivity contribution in [3.05, 3.63) is 59.9 Å². The molecule has 8 heteroatoms. The van der Waals surface area contributed by atoms with E-state index in [0.29, 0.717) is 17.0 Å². The number of para-hydroxylation sites is 2. The SMILES string of the molecule is C[C@H](OC(=O)CN1C(=O)CCOc2ccccc21)C(=O)NCc1ccc(F)cc1. The van der Waals surface area contributed by atoms with Gasteiger partial charge in [-0.05, 0) is 36.8 Å². The Hall–Kier alpha value is -3.42. The zero-order chi connectivity index (χ0) is 20.8. The Balaban J connectivity index is 1.56. The number of rotatable bonds is 6. The van der Waals surface area contributed by atoms with Crippen molar-refractivity contribution in [3.63, 3.8) is 0 Å². The van der Waals surface area contributed by atoms with Crippen LogP contribution in [0.15, 0.2) is 48.5 Å². The number of carbonyl (C=O) groups excluding carboxylic acids is 3. The second-order valence-corrected chi connectivity index (χ2v) is 6.52. The van der Waals surface area contributed by atoms with Crippen LogP contribution < -0.4 is 15.0 Å². The molecule has 0 spiro atoms. The molecule has 1 N–H and O–H groups in total. The van der Waals surface area contributed by atoms with E-state index in [1.165, 1.54) is 24.0 Å². The Kier molecular flexibility index (Phi) is 6.43. The van der Waals surface area contributed by atoms with Gasteiger partial charge in [-0.1, -0.05) is 24.3 Å². The fraction of sp³-hybridized carbons (Fsp3) is 0.286. The summed E-state index contributed by atoms with van der Waals surface area (Å²) in [6, 6.07) is 12.6. The van der Waals surface area contributed by atoms with Crippen molar-refractivity contribution < 1.29 is 28.2 Å². The smallest absolute Gasteiger partial charge is 0.326 e. The molecule has 2 amide bonds. The van der Waals surface area contributed by atoms with E-state index in [2.05, 4.69) is 5.32 Å². The van der Waals surface area contributed by atoms with Crippen LogP contribution in [0.5, 0.6) is 5.75 Å². The summed E-state index contributed by atoms with van der Waals surface area (Å²) in [4.78, 5) is 38.1. The minimum absolute atomic E-state index is 0.135. The predicted octanol–water partition coefficient (Wildman–Crippen LogP) is 2.19. The number of esters is 1. The van der Waals surface area contributed by atoms with Crippen LogP contribution in [-0.4, -0.2) is 37.0 Å². The quantitative estimate of drug-likeness (QED) is 0.752. The third kappa shape index (κ3) is 5.31. The highest BCUT2D eigenvalue weighted by molar-refractivity contribution is 5.99. The van der Waals surface area contributed by atoms with E-state index in [1.807, 2.05) is 0 Å². The van der Waals surface area contributed by atoms with Crippen molar-refractivity contribution in [1.82, 2.24) is 5.32 Å². The molecule has 0 fully saturated rings. The van der Waals surface area contributed by atoms with E-state index in [9.17, 15) is 18.8 Å². The first-order valence-electron chi connectivity index (χ1n) is 9.18. The average Bonchev–Trinajstić information content (AvgIpc) is 2.86. The van der Waals surface area contributed by atoms with Gasteiger partial charge in [0.05, 0.1) is 18.7 Å². The van der Waals surface area contributed by atoms with Crippen LogP contribution in [-0.2, 0) is 25.7 Å². The topological polar surface area (TPSA) is 84.9 Å². The van der Waals surface area contributed by atoms with Crippen molar-refractivity contribution in [2.75, 3.05) is 18.1 Å². The molecule has 29 heavy (non-hydrogen) atoms. The molecule has 0 unspecified atom stereocenters. The highest BCUT2D eigenvalue weighted by Gasteiger charge is 2.27. The van der Waals surface area contributed by atoms with Crippen molar-refractivity contribution in [1.29, 1.82) is 0 Å². The Morgan fingerprint density at radius 3 is 2.69 bits per heavy atom. The Morgan fingerprint density at radius 1 is 1.21 bits per heavy atom. The number of anilines is 1. The molecule has 0 bridgehead atoms. The van der Waals surface area contributed by atoms with Crippen molar-refractivity contribution in [3.8, 4) is 5.75 Å². The summed E-state index contributed by atoms with van der Waals surface area (Å²) >= 11 is 0. The highest BCUT2D eigenvalue weighted by Crippen LogP contribution is 2.30. The van der Waals surface area contributed by atoms with Gasteiger partial charge in [0.15, 0.2) is 6.10 Å². The molecule has 1 aliphatic rings. The molecule has 0 saturated heterocycles. The van der Waals surface area contributed by atoms with Gasteiger partial charge in [-0.2, -0.15) is 0 Å². The molecule has 152 valence electrons. The van der Waals surface area contributed by atoms with Gasteiger partial charge < -0.3 is 14.8 Å². The summed E-state index contributed by atoms with van der Waals surface area (Å²) in [5, 5.41) is 2.62. The normalized spacial score (nSPS) is 14.3. The number of halogens is 1. The van der Waals surface area contributed by atoms with Crippen LogP contribution in [0.4, 0.5) is 10.1 Å². The lowest BCUT2D eigenvalue weighted by molar-refractivity contribution is -0.153. The van der Waals surface area contributed by atoms with Gasteiger partial charge in [-0.3, -0.25) is 19.3 Å². The summed E-state index contributed by atoms with van der Waals surface area (Å²) in [6.07, 6.45) is -0.910. The van der Waals surface area contributed by atoms with Gasteiger partial charge in [-0.25, -0.2) is 4.39 Å². The minimum Gasteiger partial charge on any atom is -0.491 e. The van der Waals surface area contributed by atoms with Crippen molar-refractivity contribution in [2.45, 2.75) is 26.0 Å². The van der Waals surface area contributed by atoms with Gasteiger partial charge in [0.25, 0.3) is 5.91 Å². The van der Waals surface area contributed by atoms with Crippen LogP contribution in [0, 0.1) is 5.82 Å². The first-order valence-corrected chi connectivity index (χ1v) is 9.18. The first kappa shape index (κ1) is 20.3. The summed E-state index contributed by atoms with van der Waals surface area (Å²) in [7, 11) is 0. The fourth-order valence-electron chi connectivity index (χ4n) is 2.85. The lowest BCUT2D eigenvalue weighted by atomic mass is 10.2. The number of ether oxygens (including phenoxy) is 2. The van der Waals surface area contributed by atoms with E-state index in [1.54, 1.807) is 36.4 Å². The van der Waals surface area contributed by atoms with Crippen LogP contribution in [0.1, 0.15) is 18.9 Å². The third-order valence-corrected chi connectivity index (χ3v) is 4.38. The van der Waals surface area contributed by atoms with Crippen LogP contribution in [0.2, 0.25) is 0 Å². The zero-order valence-corrected chi connectivity index (χ0v) is 15.9. The molecular weight excluding hydrogens is 379 g/mol. The standard InChI is InChI=1S/C21H21FN2O5/c1-14(21(27)23-12-15-6-8-16(22)9-7-15)29-20(26)13-24-17-4-2-3-5-18(17)28-11-10-19(24)25/h2-9,14H,10-13H2,1H3,(H,23,27)/t14-/m0/s1. The number of nitrogens with zero attached hydrogens (tertiary/aromatic N) is 1. The number of hydrogen-bond donors (Lipinski definition) is 1. The number of carbonyl (C=O) groups is 3. The molecule has 0 aliphatic carbocycles. The molecule has 0 saturated carbocycles. The van der Waals surface area contributed by atoms with Gasteiger partial charge in [-0.15, -0.1) is 0 Å². The maximum absolute atomic E-state index is 12.9. The predicted molar refractivity (Wildman–Crippen MR) is 103 cm³/mol. The van der Waals surface area contributed by atoms with Crippen LogP contribution in [0.3, 0.4) is 0 Å². The molecule has 2 aromatic rings. The van der Waals surface area contributed by atoms with Crippen molar-refractivity contribution >= 4 is 23.5 Å². The third-order valence-electron chi connectivity index (χ3n) is 4.38. The molecule has 7 nitrogen and oxygen atoms in total. The fourth-order valence-corrected chi connectivity index (χ4v) is 2.85. The monoisotopic (exact) mass is 400 g/mol. The summed E-state index contributed by atoms with van der Waals surface area (Å²) < 4.78 is 23.6.